The van der Waals surface area contributed by atoms with Gasteiger partial charge in [0.2, 0.25) is 5.91 Å². The summed E-state index contributed by atoms with van der Waals surface area (Å²) < 4.78 is 11.4. The highest BCUT2D eigenvalue weighted by molar-refractivity contribution is 5.96. The topological polar surface area (TPSA) is 84.9 Å². The van der Waals surface area contributed by atoms with Gasteiger partial charge in [-0.05, 0) is 11.5 Å². The van der Waals surface area contributed by atoms with E-state index in [4.69, 9.17) is 9.47 Å². The van der Waals surface area contributed by atoms with Gasteiger partial charge in [-0.15, -0.1) is 0 Å². The molecule has 0 unspecified atom stereocenters. The summed E-state index contributed by atoms with van der Waals surface area (Å²) in [4.78, 5) is 40.5. The van der Waals surface area contributed by atoms with Gasteiger partial charge in [0.15, 0.2) is 5.60 Å². The van der Waals surface area contributed by atoms with Crippen molar-refractivity contribution in [2.45, 2.75) is 39.0 Å². The van der Waals surface area contributed by atoms with Crippen LogP contribution in [0, 0.1) is 11.8 Å². The molecule has 1 aliphatic heterocycles. The smallest absolute Gasteiger partial charge is 0.418 e. The predicted molar refractivity (Wildman–Crippen MR) is 139 cm³/mol. The van der Waals surface area contributed by atoms with Gasteiger partial charge in [0.05, 0.1) is 12.0 Å². The molecular weight excluding hydrogens is 468 g/mol. The molecule has 3 aromatic carbocycles. The molecule has 0 aliphatic carbocycles. The van der Waals surface area contributed by atoms with E-state index in [0.717, 1.165) is 16.7 Å². The van der Waals surface area contributed by atoms with Gasteiger partial charge in [-0.2, -0.15) is 0 Å². The molecule has 3 aromatic rings. The molecule has 7 nitrogen and oxygen atoms in total. The highest BCUT2D eigenvalue weighted by Gasteiger charge is 2.59. The number of nitrogens with zero attached hydrogens (tertiary/aromatic N) is 1. The van der Waals surface area contributed by atoms with E-state index in [1.165, 1.54) is 4.90 Å². The quantitative estimate of drug-likeness (QED) is 0.442. The summed E-state index contributed by atoms with van der Waals surface area (Å²) in [7, 11) is 0. The lowest BCUT2D eigenvalue weighted by Gasteiger charge is -2.38. The van der Waals surface area contributed by atoms with Gasteiger partial charge in [-0.25, -0.2) is 14.5 Å². The van der Waals surface area contributed by atoms with Gasteiger partial charge >= 0.3 is 12.2 Å². The van der Waals surface area contributed by atoms with Gasteiger partial charge in [0.25, 0.3) is 0 Å². The average Bonchev–Trinajstić information content (AvgIpc) is 3.25. The molecule has 4 rings (SSSR count). The third-order valence-corrected chi connectivity index (χ3v) is 6.60. The Balaban J connectivity index is 1.54. The van der Waals surface area contributed by atoms with Crippen molar-refractivity contribution in [3.63, 3.8) is 0 Å². The summed E-state index contributed by atoms with van der Waals surface area (Å²) in [6, 6.07) is 27.8. The maximum atomic E-state index is 13.6. The molecule has 0 spiro atoms. The Labute approximate surface area is 217 Å². The van der Waals surface area contributed by atoms with E-state index in [0.29, 0.717) is 0 Å². The second kappa shape index (κ2) is 11.3. The van der Waals surface area contributed by atoms with Gasteiger partial charge in [0, 0.05) is 17.7 Å². The maximum absolute atomic E-state index is 13.6. The summed E-state index contributed by atoms with van der Waals surface area (Å²) >= 11 is 0. The van der Waals surface area contributed by atoms with Gasteiger partial charge in [-0.3, -0.25) is 4.79 Å². The van der Waals surface area contributed by atoms with Crippen LogP contribution < -0.4 is 5.32 Å². The fourth-order valence-corrected chi connectivity index (χ4v) is 4.87. The van der Waals surface area contributed by atoms with E-state index in [2.05, 4.69) is 5.32 Å². The minimum Gasteiger partial charge on any atom is -0.445 e. The van der Waals surface area contributed by atoms with E-state index in [1.54, 1.807) is 6.92 Å². The van der Waals surface area contributed by atoms with Crippen LogP contribution in [0.15, 0.2) is 91.0 Å². The van der Waals surface area contributed by atoms with E-state index in [-0.39, 0.29) is 19.1 Å². The molecule has 0 saturated carbocycles. The number of cyclic esters (lactones) is 1. The van der Waals surface area contributed by atoms with Crippen LogP contribution in [0.4, 0.5) is 9.59 Å². The normalized spacial score (nSPS) is 17.2. The number of hydrogen-bond acceptors (Lipinski definition) is 5. The lowest BCUT2D eigenvalue weighted by atomic mass is 9.75. The number of benzene rings is 3. The summed E-state index contributed by atoms with van der Waals surface area (Å²) in [6.45, 7) is 5.76. The third kappa shape index (κ3) is 5.35. The highest BCUT2D eigenvalue weighted by Crippen LogP contribution is 2.47. The van der Waals surface area contributed by atoms with Gasteiger partial charge in [-0.1, -0.05) is 112 Å². The molecule has 3 amide bonds. The fraction of sp³-hybridized carbons (Fsp3) is 0.300. The molecule has 1 saturated heterocycles. The lowest BCUT2D eigenvalue weighted by molar-refractivity contribution is -0.134. The summed E-state index contributed by atoms with van der Waals surface area (Å²) in [5, 5.41) is 2.64. The minimum atomic E-state index is -1.16. The number of ether oxygens (including phenoxy) is 2. The largest absolute Gasteiger partial charge is 0.445 e. The second-order valence-electron chi connectivity index (χ2n) is 9.58. The Bertz CT molecular complexity index is 1170. The van der Waals surface area contributed by atoms with Crippen LogP contribution in [-0.4, -0.2) is 35.6 Å². The number of carbonyl (C=O) groups is 3. The van der Waals surface area contributed by atoms with Crippen LogP contribution in [0.3, 0.4) is 0 Å². The Morgan fingerprint density at radius 2 is 1.41 bits per heavy atom. The molecule has 1 fully saturated rings. The number of hydrogen-bond donors (Lipinski definition) is 1. The number of nitrogens with one attached hydrogen (secondary N) is 1. The number of imide groups is 1. The van der Waals surface area contributed by atoms with Crippen molar-refractivity contribution in [3.8, 4) is 0 Å². The van der Waals surface area contributed by atoms with Gasteiger partial charge in [0.1, 0.15) is 6.61 Å². The first kappa shape index (κ1) is 25.9. The molecule has 192 valence electrons. The third-order valence-electron chi connectivity index (χ3n) is 6.60. The van der Waals surface area contributed by atoms with Crippen LogP contribution in [0.2, 0.25) is 0 Å². The standard InChI is InChI=1S/C30H32N2O5/c1-21(2)26-30(24-15-9-5-10-16-24,25-17-11-6-12-18-25)37-29(35)32(26)27(33)22(3)19-31-28(34)36-20-23-13-7-4-8-14-23/h4-18,21-22,26H,19-20H2,1-3H3,(H,31,34)/t22-,26+/m0/s1. The van der Waals surface area contributed by atoms with Crippen molar-refractivity contribution < 1.29 is 23.9 Å². The first-order valence-electron chi connectivity index (χ1n) is 12.5. The van der Waals surface area contributed by atoms with Crippen molar-refractivity contribution in [3.05, 3.63) is 108 Å². The molecule has 7 heteroatoms. The number of alkyl carbamates (subject to hydrolysis) is 1. The Morgan fingerprint density at radius 1 is 0.892 bits per heavy atom. The Morgan fingerprint density at radius 3 is 1.92 bits per heavy atom. The summed E-state index contributed by atoms with van der Waals surface area (Å²) in [6.07, 6.45) is -1.33. The summed E-state index contributed by atoms with van der Waals surface area (Å²) in [5.41, 5.74) is 1.28. The minimum absolute atomic E-state index is 0.0186. The van der Waals surface area contributed by atoms with Crippen LogP contribution in [0.5, 0.6) is 0 Å². The molecule has 0 aromatic heterocycles. The Hall–Kier alpha value is -4.13. The molecule has 1 aliphatic rings. The predicted octanol–water partition coefficient (Wildman–Crippen LogP) is 5.50. The van der Waals surface area contributed by atoms with Crippen LogP contribution >= 0.6 is 0 Å². The van der Waals surface area contributed by atoms with E-state index >= 15 is 0 Å². The van der Waals surface area contributed by atoms with E-state index in [9.17, 15) is 14.4 Å². The monoisotopic (exact) mass is 500 g/mol. The number of carbonyl (C=O) groups excluding carboxylic acids is 3. The van der Waals surface area contributed by atoms with Crippen molar-refractivity contribution in [1.29, 1.82) is 0 Å². The first-order chi connectivity index (χ1) is 17.8. The Kier molecular flexibility index (Phi) is 7.92. The zero-order chi connectivity index (χ0) is 26.4. The number of rotatable bonds is 8. The van der Waals surface area contributed by atoms with Crippen molar-refractivity contribution >= 4 is 18.1 Å². The average molecular weight is 501 g/mol. The fourth-order valence-electron chi connectivity index (χ4n) is 4.87. The maximum Gasteiger partial charge on any atom is 0.418 e. The zero-order valence-electron chi connectivity index (χ0n) is 21.3. The summed E-state index contributed by atoms with van der Waals surface area (Å²) in [5.74, 6) is -1.21. The first-order valence-corrected chi connectivity index (χ1v) is 12.5. The van der Waals surface area contributed by atoms with Crippen LogP contribution in [0.25, 0.3) is 0 Å². The van der Waals surface area contributed by atoms with Crippen LogP contribution in [0.1, 0.15) is 37.5 Å². The molecule has 0 bridgehead atoms. The van der Waals surface area contributed by atoms with Crippen molar-refractivity contribution in [1.82, 2.24) is 10.2 Å². The second-order valence-corrected chi connectivity index (χ2v) is 9.58. The van der Waals surface area contributed by atoms with Crippen LogP contribution in [-0.2, 0) is 26.5 Å². The zero-order valence-corrected chi connectivity index (χ0v) is 21.3. The molecule has 0 radical (unpaired) electrons. The lowest BCUT2D eigenvalue weighted by Crippen LogP contribution is -2.52. The highest BCUT2D eigenvalue weighted by atomic mass is 16.6. The van der Waals surface area contributed by atoms with Gasteiger partial charge < -0.3 is 14.8 Å². The molecule has 2 atom stereocenters. The van der Waals surface area contributed by atoms with E-state index < -0.39 is 35.7 Å². The molecule has 1 N–H and O–H groups in total. The molecule has 1 heterocycles. The van der Waals surface area contributed by atoms with Crippen molar-refractivity contribution in [2.75, 3.05) is 6.54 Å². The van der Waals surface area contributed by atoms with Crippen molar-refractivity contribution in [2.24, 2.45) is 11.8 Å². The SMILES string of the molecule is CC(C)[C@H]1N(C(=O)[C@@H](C)CNC(=O)OCc2ccccc2)C(=O)OC1(c1ccccc1)c1ccccc1. The number of amides is 3. The molecular formula is C30H32N2O5. The molecule has 37 heavy (non-hydrogen) atoms. The van der Waals surface area contributed by atoms with E-state index in [1.807, 2.05) is 105 Å².